The Hall–Kier alpha value is -2.30. The van der Waals surface area contributed by atoms with Crippen LogP contribution in [-0.4, -0.2) is 22.9 Å². The lowest BCUT2D eigenvalue weighted by Crippen LogP contribution is -2.05. The van der Waals surface area contributed by atoms with E-state index in [-0.39, 0.29) is 17.3 Å². The molecule has 0 radical (unpaired) electrons. The van der Waals surface area contributed by atoms with Gasteiger partial charge in [-0.3, -0.25) is 4.79 Å². The van der Waals surface area contributed by atoms with Gasteiger partial charge in [0.2, 0.25) is 11.7 Å². The fourth-order valence-corrected chi connectivity index (χ4v) is 1.32. The molecule has 1 heterocycles. The number of ketones is 1. The molecular formula is C12H9FN2O2. The predicted octanol–water partition coefficient (Wildman–Crippen LogP) is 1.86. The average molecular weight is 232 g/mol. The summed E-state index contributed by atoms with van der Waals surface area (Å²) >= 11 is 0. The molecule has 0 spiro atoms. The first-order valence-corrected chi connectivity index (χ1v) is 4.87. The second kappa shape index (κ2) is 4.69. The van der Waals surface area contributed by atoms with E-state index in [1.165, 1.54) is 43.8 Å². The number of carbonyl (C=O) groups excluding carboxylic acids is 1. The van der Waals surface area contributed by atoms with Gasteiger partial charge in [0, 0.05) is 11.6 Å². The molecule has 0 unspecified atom stereocenters. The van der Waals surface area contributed by atoms with Gasteiger partial charge in [-0.2, -0.15) is 0 Å². The summed E-state index contributed by atoms with van der Waals surface area (Å²) in [5, 5.41) is 0. The lowest BCUT2D eigenvalue weighted by atomic mass is 10.1. The number of carbonyl (C=O) groups is 1. The Balaban J connectivity index is 2.33. The molecular weight excluding hydrogens is 223 g/mol. The largest absolute Gasteiger partial charge is 0.481 e. The summed E-state index contributed by atoms with van der Waals surface area (Å²) in [7, 11) is 1.45. The van der Waals surface area contributed by atoms with Gasteiger partial charge in [-0.05, 0) is 24.3 Å². The van der Waals surface area contributed by atoms with Crippen molar-refractivity contribution in [1.82, 2.24) is 9.97 Å². The molecule has 1 aromatic carbocycles. The molecule has 0 bridgehead atoms. The van der Waals surface area contributed by atoms with Crippen molar-refractivity contribution in [2.75, 3.05) is 7.11 Å². The van der Waals surface area contributed by atoms with Gasteiger partial charge in [0.25, 0.3) is 0 Å². The normalized spacial score (nSPS) is 10.0. The number of benzene rings is 1. The van der Waals surface area contributed by atoms with Gasteiger partial charge in [0.05, 0.1) is 7.11 Å². The minimum absolute atomic E-state index is 0.212. The lowest BCUT2D eigenvalue weighted by Gasteiger charge is -2.02. The molecule has 0 fully saturated rings. The number of ether oxygens (including phenoxy) is 1. The first kappa shape index (κ1) is 11.2. The van der Waals surface area contributed by atoms with Gasteiger partial charge in [0.1, 0.15) is 17.8 Å². The average Bonchev–Trinajstić information content (AvgIpc) is 2.39. The zero-order valence-corrected chi connectivity index (χ0v) is 9.05. The van der Waals surface area contributed by atoms with Crippen molar-refractivity contribution in [3.63, 3.8) is 0 Å². The van der Waals surface area contributed by atoms with Crippen molar-refractivity contribution >= 4 is 5.78 Å². The Morgan fingerprint density at radius 2 is 1.94 bits per heavy atom. The van der Waals surface area contributed by atoms with Crippen molar-refractivity contribution < 1.29 is 13.9 Å². The Morgan fingerprint density at radius 3 is 2.59 bits per heavy atom. The first-order valence-electron chi connectivity index (χ1n) is 4.87. The molecule has 5 heteroatoms. The van der Waals surface area contributed by atoms with E-state index in [0.717, 1.165) is 0 Å². The van der Waals surface area contributed by atoms with Crippen LogP contribution in [0.25, 0.3) is 0 Å². The quantitative estimate of drug-likeness (QED) is 0.758. The summed E-state index contributed by atoms with van der Waals surface area (Å²) in [6, 6.07) is 6.71. The maximum absolute atomic E-state index is 12.7. The molecule has 86 valence electrons. The molecule has 0 aliphatic heterocycles. The van der Waals surface area contributed by atoms with E-state index in [1.54, 1.807) is 0 Å². The number of hydrogen-bond acceptors (Lipinski definition) is 4. The van der Waals surface area contributed by atoms with Crippen LogP contribution in [0, 0.1) is 5.82 Å². The maximum atomic E-state index is 12.7. The van der Waals surface area contributed by atoms with Crippen LogP contribution in [-0.2, 0) is 0 Å². The molecule has 1 aromatic heterocycles. The van der Waals surface area contributed by atoms with E-state index in [1.807, 2.05) is 0 Å². The molecule has 0 saturated carbocycles. The van der Waals surface area contributed by atoms with Crippen LogP contribution in [0.3, 0.4) is 0 Å². The third kappa shape index (κ3) is 2.44. The van der Waals surface area contributed by atoms with Gasteiger partial charge in [0.15, 0.2) is 0 Å². The van der Waals surface area contributed by atoms with Crippen molar-refractivity contribution in [2.45, 2.75) is 0 Å². The van der Waals surface area contributed by atoms with Gasteiger partial charge in [-0.25, -0.2) is 14.4 Å². The zero-order chi connectivity index (χ0) is 12.3. The fraction of sp³-hybridized carbons (Fsp3) is 0.0833. The highest BCUT2D eigenvalue weighted by Gasteiger charge is 2.11. The smallest absolute Gasteiger partial charge is 0.216 e. The predicted molar refractivity (Wildman–Crippen MR) is 58.4 cm³/mol. The Morgan fingerprint density at radius 1 is 1.24 bits per heavy atom. The molecule has 0 aliphatic rings. The van der Waals surface area contributed by atoms with Crippen LogP contribution >= 0.6 is 0 Å². The van der Waals surface area contributed by atoms with Crippen molar-refractivity contribution in [3.05, 3.63) is 53.7 Å². The van der Waals surface area contributed by atoms with E-state index in [0.29, 0.717) is 11.4 Å². The van der Waals surface area contributed by atoms with Crippen LogP contribution in [0.5, 0.6) is 5.88 Å². The van der Waals surface area contributed by atoms with Crippen molar-refractivity contribution in [2.24, 2.45) is 0 Å². The molecule has 2 rings (SSSR count). The SMILES string of the molecule is COc1cc(C(=O)c2ccc(F)cc2)ncn1. The minimum Gasteiger partial charge on any atom is -0.481 e. The summed E-state index contributed by atoms with van der Waals surface area (Å²) < 4.78 is 17.6. The van der Waals surface area contributed by atoms with E-state index < -0.39 is 0 Å². The van der Waals surface area contributed by atoms with E-state index in [4.69, 9.17) is 4.74 Å². The van der Waals surface area contributed by atoms with Crippen LogP contribution in [0.2, 0.25) is 0 Å². The molecule has 2 aromatic rings. The maximum Gasteiger partial charge on any atom is 0.216 e. The number of rotatable bonds is 3. The van der Waals surface area contributed by atoms with Crippen molar-refractivity contribution in [1.29, 1.82) is 0 Å². The molecule has 4 nitrogen and oxygen atoms in total. The monoisotopic (exact) mass is 232 g/mol. The zero-order valence-electron chi connectivity index (χ0n) is 9.05. The highest BCUT2D eigenvalue weighted by molar-refractivity contribution is 6.07. The molecule has 0 N–H and O–H groups in total. The second-order valence-corrected chi connectivity index (χ2v) is 3.28. The standard InChI is InChI=1S/C12H9FN2O2/c1-17-11-6-10(14-7-15-11)12(16)8-2-4-9(13)5-3-8/h2-7H,1H3. The number of methoxy groups -OCH3 is 1. The highest BCUT2D eigenvalue weighted by atomic mass is 19.1. The lowest BCUT2D eigenvalue weighted by molar-refractivity contribution is 0.103. The number of aromatic nitrogens is 2. The third-order valence-electron chi connectivity index (χ3n) is 2.19. The van der Waals surface area contributed by atoms with Crippen LogP contribution in [0.1, 0.15) is 16.1 Å². The third-order valence-corrected chi connectivity index (χ3v) is 2.19. The summed E-state index contributed by atoms with van der Waals surface area (Å²) in [5.41, 5.74) is 0.579. The molecule has 0 amide bonds. The van der Waals surface area contributed by atoms with Gasteiger partial charge >= 0.3 is 0 Å². The van der Waals surface area contributed by atoms with E-state index >= 15 is 0 Å². The Kier molecular flexibility index (Phi) is 3.09. The van der Waals surface area contributed by atoms with E-state index in [9.17, 15) is 9.18 Å². The van der Waals surface area contributed by atoms with E-state index in [2.05, 4.69) is 9.97 Å². The summed E-state index contributed by atoms with van der Waals surface area (Å²) in [6.45, 7) is 0. The summed E-state index contributed by atoms with van der Waals surface area (Å²) in [4.78, 5) is 19.6. The van der Waals surface area contributed by atoms with Crippen LogP contribution in [0.4, 0.5) is 4.39 Å². The number of nitrogens with zero attached hydrogens (tertiary/aromatic N) is 2. The highest BCUT2D eigenvalue weighted by Crippen LogP contribution is 2.12. The van der Waals surface area contributed by atoms with Gasteiger partial charge in [-0.1, -0.05) is 0 Å². The van der Waals surface area contributed by atoms with Gasteiger partial charge < -0.3 is 4.74 Å². The Labute approximate surface area is 97.1 Å². The minimum atomic E-state index is -0.387. The molecule has 0 saturated heterocycles. The fourth-order valence-electron chi connectivity index (χ4n) is 1.32. The van der Waals surface area contributed by atoms with Crippen LogP contribution in [0.15, 0.2) is 36.7 Å². The second-order valence-electron chi connectivity index (χ2n) is 3.28. The Bertz CT molecular complexity index is 540. The number of halogens is 1. The van der Waals surface area contributed by atoms with Crippen LogP contribution < -0.4 is 4.74 Å². The van der Waals surface area contributed by atoms with Gasteiger partial charge in [-0.15, -0.1) is 0 Å². The number of hydrogen-bond donors (Lipinski definition) is 0. The molecule has 0 aliphatic carbocycles. The topological polar surface area (TPSA) is 52.1 Å². The summed E-state index contributed by atoms with van der Waals surface area (Å²) in [5.74, 6) is -0.377. The van der Waals surface area contributed by atoms with Crippen molar-refractivity contribution in [3.8, 4) is 5.88 Å². The first-order chi connectivity index (χ1) is 8.20. The summed E-state index contributed by atoms with van der Waals surface area (Å²) in [6.07, 6.45) is 1.25. The molecule has 0 atom stereocenters. The molecule has 17 heavy (non-hydrogen) atoms.